The molecule has 0 radical (unpaired) electrons. The maximum atomic E-state index is 12.8. The van der Waals surface area contributed by atoms with E-state index in [4.69, 9.17) is 11.6 Å². The van der Waals surface area contributed by atoms with Gasteiger partial charge in [0.25, 0.3) is 5.91 Å². The lowest BCUT2D eigenvalue weighted by atomic mass is 9.90. The third-order valence-electron chi connectivity index (χ3n) is 4.95. The molecular formula is C16H24ClN3O. The molecule has 1 aromatic rings. The van der Waals surface area contributed by atoms with Crippen LogP contribution in [0.15, 0.2) is 12.3 Å². The molecule has 21 heavy (non-hydrogen) atoms. The van der Waals surface area contributed by atoms with Crippen LogP contribution >= 0.6 is 11.6 Å². The molecule has 1 heterocycles. The van der Waals surface area contributed by atoms with E-state index in [1.165, 1.54) is 0 Å². The summed E-state index contributed by atoms with van der Waals surface area (Å²) in [7, 11) is 3.95. The van der Waals surface area contributed by atoms with E-state index >= 15 is 0 Å². The summed E-state index contributed by atoms with van der Waals surface area (Å²) in [6.45, 7) is 0. The summed E-state index contributed by atoms with van der Waals surface area (Å²) in [6, 6.07) is 3.25. The van der Waals surface area contributed by atoms with Crippen LogP contribution in [0.4, 0.5) is 0 Å². The summed E-state index contributed by atoms with van der Waals surface area (Å²) in [5.74, 6) is 0.113. The molecule has 3 rings (SSSR count). The Kier molecular flexibility index (Phi) is 4.27. The molecule has 0 saturated heterocycles. The molecule has 0 aromatic carbocycles. The van der Waals surface area contributed by atoms with Crippen molar-refractivity contribution in [1.82, 2.24) is 14.8 Å². The van der Waals surface area contributed by atoms with E-state index in [0.29, 0.717) is 23.1 Å². The van der Waals surface area contributed by atoms with Crippen molar-refractivity contribution in [1.29, 1.82) is 0 Å². The number of nitrogens with one attached hydrogen (secondary N) is 1. The lowest BCUT2D eigenvalue weighted by Gasteiger charge is -2.34. The molecule has 0 spiro atoms. The molecule has 2 aliphatic carbocycles. The molecular weight excluding hydrogens is 286 g/mol. The molecule has 2 fully saturated rings. The second-order valence-electron chi connectivity index (χ2n) is 6.39. The van der Waals surface area contributed by atoms with E-state index < -0.39 is 0 Å². The van der Waals surface area contributed by atoms with Gasteiger partial charge >= 0.3 is 0 Å². The van der Waals surface area contributed by atoms with Gasteiger partial charge in [-0.25, -0.2) is 0 Å². The molecule has 0 atom stereocenters. The fourth-order valence-electron chi connectivity index (χ4n) is 3.37. The maximum Gasteiger partial charge on any atom is 0.270 e. The first-order valence-electron chi connectivity index (χ1n) is 7.92. The fraction of sp³-hybridized carbons (Fsp3) is 0.688. The largest absolute Gasteiger partial charge is 0.339 e. The first-order valence-corrected chi connectivity index (χ1v) is 8.29. The Morgan fingerprint density at radius 1 is 1.29 bits per heavy atom. The van der Waals surface area contributed by atoms with Crippen molar-refractivity contribution in [2.75, 3.05) is 14.1 Å². The monoisotopic (exact) mass is 309 g/mol. The zero-order chi connectivity index (χ0) is 15.0. The number of rotatable bonds is 4. The van der Waals surface area contributed by atoms with Gasteiger partial charge in [-0.3, -0.25) is 4.79 Å². The Morgan fingerprint density at radius 2 is 1.95 bits per heavy atom. The van der Waals surface area contributed by atoms with Gasteiger partial charge in [-0.2, -0.15) is 0 Å². The molecule has 1 aromatic heterocycles. The number of hydrogen-bond acceptors (Lipinski definition) is 2. The molecule has 4 nitrogen and oxygen atoms in total. The number of nitrogens with zero attached hydrogens (tertiary/aromatic N) is 2. The van der Waals surface area contributed by atoms with Crippen molar-refractivity contribution in [3.8, 4) is 0 Å². The smallest absolute Gasteiger partial charge is 0.270 e. The minimum Gasteiger partial charge on any atom is -0.339 e. The molecule has 1 amide bonds. The van der Waals surface area contributed by atoms with Crippen LogP contribution in [0.3, 0.4) is 0 Å². The van der Waals surface area contributed by atoms with Gasteiger partial charge in [0, 0.05) is 31.4 Å². The molecule has 5 heteroatoms. The van der Waals surface area contributed by atoms with Gasteiger partial charge in [0.15, 0.2) is 0 Å². The van der Waals surface area contributed by atoms with Gasteiger partial charge in [0.05, 0.1) is 5.02 Å². The first kappa shape index (κ1) is 14.9. The normalized spacial score (nSPS) is 25.9. The number of carbonyl (C=O) groups excluding carboxylic acids is 1. The van der Waals surface area contributed by atoms with Gasteiger partial charge < -0.3 is 14.8 Å². The van der Waals surface area contributed by atoms with Gasteiger partial charge in [-0.1, -0.05) is 11.6 Å². The summed E-state index contributed by atoms with van der Waals surface area (Å²) in [5, 5.41) is 4.00. The summed E-state index contributed by atoms with van der Waals surface area (Å²) >= 11 is 6.11. The highest BCUT2D eigenvalue weighted by Crippen LogP contribution is 2.38. The van der Waals surface area contributed by atoms with E-state index in [-0.39, 0.29) is 5.91 Å². The number of halogens is 1. The minimum atomic E-state index is 0.113. The quantitative estimate of drug-likeness (QED) is 0.928. The van der Waals surface area contributed by atoms with Crippen molar-refractivity contribution in [2.45, 2.75) is 56.7 Å². The topological polar surface area (TPSA) is 37.3 Å². The van der Waals surface area contributed by atoms with Crippen molar-refractivity contribution in [2.24, 2.45) is 0 Å². The predicted molar refractivity (Wildman–Crippen MR) is 84.9 cm³/mol. The Hall–Kier alpha value is -1.00. The molecule has 0 aliphatic heterocycles. The minimum absolute atomic E-state index is 0.113. The second-order valence-corrected chi connectivity index (χ2v) is 6.83. The third-order valence-corrected chi connectivity index (χ3v) is 5.15. The van der Waals surface area contributed by atoms with Crippen LogP contribution in [0.25, 0.3) is 0 Å². The summed E-state index contributed by atoms with van der Waals surface area (Å²) in [5.41, 5.74) is 0.751. The molecule has 2 saturated carbocycles. The lowest BCUT2D eigenvalue weighted by molar-refractivity contribution is 0.0674. The Balaban J connectivity index is 1.70. The van der Waals surface area contributed by atoms with Crippen molar-refractivity contribution in [3.63, 3.8) is 0 Å². The fourth-order valence-corrected chi connectivity index (χ4v) is 3.58. The van der Waals surface area contributed by atoms with Crippen molar-refractivity contribution in [3.05, 3.63) is 23.0 Å². The summed E-state index contributed by atoms with van der Waals surface area (Å²) in [4.78, 5) is 14.7. The van der Waals surface area contributed by atoms with Crippen molar-refractivity contribution >= 4 is 17.5 Å². The van der Waals surface area contributed by atoms with Gasteiger partial charge in [-0.15, -0.1) is 0 Å². The average Bonchev–Trinajstić information content (AvgIpc) is 3.28. The summed E-state index contributed by atoms with van der Waals surface area (Å²) < 4.78 is 2.07. The van der Waals surface area contributed by atoms with Crippen LogP contribution in [0.1, 0.15) is 55.1 Å². The maximum absolute atomic E-state index is 12.8. The van der Waals surface area contributed by atoms with Gasteiger partial charge in [0.2, 0.25) is 0 Å². The van der Waals surface area contributed by atoms with Crippen LogP contribution in [-0.4, -0.2) is 41.6 Å². The van der Waals surface area contributed by atoms with Gasteiger partial charge in [-0.05, 0) is 51.6 Å². The highest BCUT2D eigenvalue weighted by atomic mass is 35.5. The van der Waals surface area contributed by atoms with E-state index in [2.05, 4.69) is 9.88 Å². The number of hydrogen-bond donors (Lipinski definition) is 1. The lowest BCUT2D eigenvalue weighted by Crippen LogP contribution is -2.43. The van der Waals surface area contributed by atoms with E-state index in [1.54, 1.807) is 0 Å². The Labute approximate surface area is 131 Å². The highest BCUT2D eigenvalue weighted by Gasteiger charge is 2.31. The van der Waals surface area contributed by atoms with Crippen molar-refractivity contribution < 1.29 is 4.79 Å². The van der Waals surface area contributed by atoms with E-state index in [0.717, 1.165) is 44.2 Å². The predicted octanol–water partition coefficient (Wildman–Crippen LogP) is 3.08. The average molecular weight is 310 g/mol. The molecule has 0 bridgehead atoms. The van der Waals surface area contributed by atoms with Crippen LogP contribution < -0.4 is 5.32 Å². The van der Waals surface area contributed by atoms with Crippen LogP contribution in [0.5, 0.6) is 0 Å². The standard InChI is InChI=1S/C16H24ClN3O/c1-18-12-3-5-13(6-4-12)19(2)16(21)15-9-11(17)10-20(15)14-7-8-14/h9-10,12-14,18H,3-8H2,1-2H3. The van der Waals surface area contributed by atoms with Crippen LogP contribution in [0.2, 0.25) is 5.02 Å². The van der Waals surface area contributed by atoms with Crippen LogP contribution in [-0.2, 0) is 0 Å². The van der Waals surface area contributed by atoms with Crippen LogP contribution in [0, 0.1) is 0 Å². The Bertz CT molecular complexity index is 516. The first-order chi connectivity index (χ1) is 10.1. The number of carbonyl (C=O) groups is 1. The molecule has 2 aliphatic rings. The summed E-state index contributed by atoms with van der Waals surface area (Å²) in [6.07, 6.45) is 8.65. The van der Waals surface area contributed by atoms with E-state index in [9.17, 15) is 4.79 Å². The number of amides is 1. The molecule has 1 N–H and O–H groups in total. The second kappa shape index (κ2) is 6.01. The SMILES string of the molecule is CNC1CCC(N(C)C(=O)c2cc(Cl)cn2C2CC2)CC1. The van der Waals surface area contributed by atoms with Gasteiger partial charge in [0.1, 0.15) is 5.69 Å². The Morgan fingerprint density at radius 3 is 2.52 bits per heavy atom. The highest BCUT2D eigenvalue weighted by molar-refractivity contribution is 6.31. The third kappa shape index (κ3) is 3.11. The zero-order valence-electron chi connectivity index (χ0n) is 12.8. The number of aromatic nitrogens is 1. The van der Waals surface area contributed by atoms with E-state index in [1.807, 2.05) is 31.3 Å². The molecule has 116 valence electrons. The molecule has 0 unspecified atom stereocenters. The zero-order valence-corrected chi connectivity index (χ0v) is 13.6.